The molecule has 1 atom stereocenters. The zero-order valence-electron chi connectivity index (χ0n) is 7.50. The summed E-state index contributed by atoms with van der Waals surface area (Å²) in [4.78, 5) is 9.60. The van der Waals surface area contributed by atoms with E-state index in [4.69, 9.17) is 10.2 Å². The summed E-state index contributed by atoms with van der Waals surface area (Å²) in [5.74, 6) is -0.711. The SMILES string of the molecule is CCC(C)O.CCCC(=O)O. The van der Waals surface area contributed by atoms with Gasteiger partial charge in [-0.1, -0.05) is 13.8 Å². The van der Waals surface area contributed by atoms with E-state index in [0.29, 0.717) is 6.42 Å². The Morgan fingerprint density at radius 2 is 1.82 bits per heavy atom. The average Bonchev–Trinajstić information content (AvgIpc) is 1.89. The van der Waals surface area contributed by atoms with Gasteiger partial charge in [0.2, 0.25) is 0 Å². The van der Waals surface area contributed by atoms with E-state index in [9.17, 15) is 4.79 Å². The Bertz CT molecular complexity index is 89.3. The van der Waals surface area contributed by atoms with Gasteiger partial charge in [-0.25, -0.2) is 0 Å². The molecule has 0 aliphatic heterocycles. The van der Waals surface area contributed by atoms with Gasteiger partial charge in [-0.15, -0.1) is 0 Å². The largest absolute Gasteiger partial charge is 0.481 e. The van der Waals surface area contributed by atoms with Crippen molar-refractivity contribution in [2.45, 2.75) is 46.1 Å². The highest BCUT2D eigenvalue weighted by Crippen LogP contribution is 1.82. The Hall–Kier alpha value is -0.570. The number of hydrogen-bond acceptors (Lipinski definition) is 2. The summed E-state index contributed by atoms with van der Waals surface area (Å²) in [6.45, 7) is 5.57. The molecule has 0 aromatic carbocycles. The third-order valence-electron chi connectivity index (χ3n) is 1.05. The van der Waals surface area contributed by atoms with Crippen LogP contribution in [0.1, 0.15) is 40.0 Å². The fourth-order valence-electron chi connectivity index (χ4n) is 0.214. The molecular weight excluding hydrogens is 144 g/mol. The monoisotopic (exact) mass is 162 g/mol. The number of carboxylic acids is 1. The molecule has 11 heavy (non-hydrogen) atoms. The van der Waals surface area contributed by atoms with Gasteiger partial charge >= 0.3 is 5.97 Å². The first kappa shape index (κ1) is 13.1. The summed E-state index contributed by atoms with van der Waals surface area (Å²) in [5, 5.41) is 16.3. The summed E-state index contributed by atoms with van der Waals surface area (Å²) in [5.41, 5.74) is 0. The van der Waals surface area contributed by atoms with E-state index in [0.717, 1.165) is 12.8 Å². The van der Waals surface area contributed by atoms with Gasteiger partial charge in [-0.05, 0) is 19.8 Å². The average molecular weight is 162 g/mol. The van der Waals surface area contributed by atoms with Gasteiger partial charge < -0.3 is 10.2 Å². The predicted molar refractivity (Wildman–Crippen MR) is 44.5 cm³/mol. The Morgan fingerprint density at radius 3 is 1.82 bits per heavy atom. The Labute approximate surface area is 68.0 Å². The summed E-state index contributed by atoms with van der Waals surface area (Å²) < 4.78 is 0. The molecule has 0 rings (SSSR count). The highest BCUT2D eigenvalue weighted by molar-refractivity contribution is 5.66. The molecule has 0 fully saturated rings. The number of rotatable bonds is 3. The van der Waals surface area contributed by atoms with E-state index in [1.165, 1.54) is 0 Å². The van der Waals surface area contributed by atoms with Crippen molar-refractivity contribution in [1.29, 1.82) is 0 Å². The van der Waals surface area contributed by atoms with Crippen molar-refractivity contribution in [3.8, 4) is 0 Å². The van der Waals surface area contributed by atoms with Crippen molar-refractivity contribution in [2.75, 3.05) is 0 Å². The zero-order chi connectivity index (χ0) is 9.28. The Balaban J connectivity index is 0. The molecule has 0 bridgehead atoms. The van der Waals surface area contributed by atoms with Crippen LogP contribution in [0.3, 0.4) is 0 Å². The van der Waals surface area contributed by atoms with Crippen LogP contribution in [-0.4, -0.2) is 22.3 Å². The number of carboxylic acid groups (broad SMARTS) is 1. The second-order valence-corrected chi connectivity index (χ2v) is 2.40. The van der Waals surface area contributed by atoms with Gasteiger partial charge in [0.05, 0.1) is 6.10 Å². The molecule has 2 N–H and O–H groups in total. The Morgan fingerprint density at radius 1 is 1.45 bits per heavy atom. The van der Waals surface area contributed by atoms with Crippen LogP contribution in [0.4, 0.5) is 0 Å². The smallest absolute Gasteiger partial charge is 0.303 e. The highest BCUT2D eigenvalue weighted by Gasteiger charge is 1.87. The van der Waals surface area contributed by atoms with Gasteiger partial charge in [0.25, 0.3) is 0 Å². The molecule has 1 unspecified atom stereocenters. The molecule has 0 heterocycles. The molecule has 0 spiro atoms. The standard InChI is InChI=1S/C4H8O2.C4H10O/c1-2-3-4(5)6;1-3-4(2)5/h2-3H2,1H3,(H,5,6);4-5H,3H2,1-2H3. The summed E-state index contributed by atoms with van der Waals surface area (Å²) >= 11 is 0. The minimum atomic E-state index is -0.711. The molecule has 0 aromatic rings. The van der Waals surface area contributed by atoms with Gasteiger partial charge in [0.1, 0.15) is 0 Å². The van der Waals surface area contributed by atoms with Crippen molar-refractivity contribution in [3.63, 3.8) is 0 Å². The third-order valence-corrected chi connectivity index (χ3v) is 1.05. The number of aliphatic hydroxyl groups excluding tert-OH is 1. The zero-order valence-corrected chi connectivity index (χ0v) is 7.50. The first-order valence-electron chi connectivity index (χ1n) is 3.94. The van der Waals surface area contributed by atoms with Crippen molar-refractivity contribution >= 4 is 5.97 Å². The van der Waals surface area contributed by atoms with E-state index >= 15 is 0 Å². The van der Waals surface area contributed by atoms with Crippen LogP contribution in [0.15, 0.2) is 0 Å². The minimum Gasteiger partial charge on any atom is -0.481 e. The van der Waals surface area contributed by atoms with E-state index in [2.05, 4.69) is 0 Å². The normalized spacial score (nSPS) is 11.3. The van der Waals surface area contributed by atoms with E-state index < -0.39 is 5.97 Å². The molecular formula is C8H18O3. The third kappa shape index (κ3) is 26.5. The molecule has 68 valence electrons. The Kier molecular flexibility index (Phi) is 11.2. The minimum absolute atomic E-state index is 0.116. The molecule has 0 aliphatic carbocycles. The lowest BCUT2D eigenvalue weighted by atomic mass is 10.3. The maximum Gasteiger partial charge on any atom is 0.303 e. The fraction of sp³-hybridized carbons (Fsp3) is 0.875. The van der Waals surface area contributed by atoms with E-state index in [1.807, 2.05) is 13.8 Å². The fourth-order valence-corrected chi connectivity index (χ4v) is 0.214. The van der Waals surface area contributed by atoms with Gasteiger partial charge in [-0.2, -0.15) is 0 Å². The first-order valence-corrected chi connectivity index (χ1v) is 3.94. The topological polar surface area (TPSA) is 57.5 Å². The molecule has 0 aliphatic rings. The van der Waals surface area contributed by atoms with Crippen LogP contribution in [0.2, 0.25) is 0 Å². The molecule has 0 saturated carbocycles. The van der Waals surface area contributed by atoms with Crippen molar-refractivity contribution in [1.82, 2.24) is 0 Å². The molecule has 0 radical (unpaired) electrons. The van der Waals surface area contributed by atoms with Crippen LogP contribution < -0.4 is 0 Å². The summed E-state index contributed by atoms with van der Waals surface area (Å²) in [7, 11) is 0. The molecule has 0 saturated heterocycles. The van der Waals surface area contributed by atoms with Crippen LogP contribution in [0, 0.1) is 0 Å². The van der Waals surface area contributed by atoms with Crippen molar-refractivity contribution < 1.29 is 15.0 Å². The number of aliphatic hydroxyl groups is 1. The lowest BCUT2D eigenvalue weighted by molar-refractivity contribution is -0.137. The predicted octanol–water partition coefficient (Wildman–Crippen LogP) is 1.65. The number of carbonyl (C=O) groups is 1. The highest BCUT2D eigenvalue weighted by atomic mass is 16.4. The van der Waals surface area contributed by atoms with Crippen LogP contribution in [0.25, 0.3) is 0 Å². The quantitative estimate of drug-likeness (QED) is 0.663. The number of hydrogen-bond donors (Lipinski definition) is 2. The second kappa shape index (κ2) is 9.43. The second-order valence-electron chi connectivity index (χ2n) is 2.40. The maximum absolute atomic E-state index is 9.60. The summed E-state index contributed by atoms with van der Waals surface area (Å²) in [6.07, 6.45) is 1.77. The lowest BCUT2D eigenvalue weighted by Crippen LogP contribution is -1.93. The van der Waals surface area contributed by atoms with Crippen LogP contribution >= 0.6 is 0 Å². The van der Waals surface area contributed by atoms with Crippen molar-refractivity contribution in [2.24, 2.45) is 0 Å². The number of aliphatic carboxylic acids is 1. The van der Waals surface area contributed by atoms with Crippen LogP contribution in [-0.2, 0) is 4.79 Å². The van der Waals surface area contributed by atoms with E-state index in [1.54, 1.807) is 6.92 Å². The van der Waals surface area contributed by atoms with Crippen LogP contribution in [0.5, 0.6) is 0 Å². The maximum atomic E-state index is 9.60. The first-order chi connectivity index (χ1) is 5.04. The lowest BCUT2D eigenvalue weighted by Gasteiger charge is -1.90. The van der Waals surface area contributed by atoms with Gasteiger partial charge in [0.15, 0.2) is 0 Å². The molecule has 3 nitrogen and oxygen atoms in total. The van der Waals surface area contributed by atoms with Gasteiger partial charge in [-0.3, -0.25) is 4.79 Å². The van der Waals surface area contributed by atoms with E-state index in [-0.39, 0.29) is 6.10 Å². The van der Waals surface area contributed by atoms with Gasteiger partial charge in [0, 0.05) is 6.42 Å². The molecule has 3 heteroatoms. The van der Waals surface area contributed by atoms with Crippen molar-refractivity contribution in [3.05, 3.63) is 0 Å². The molecule has 0 amide bonds. The molecule has 0 aromatic heterocycles. The summed E-state index contributed by atoms with van der Waals surface area (Å²) in [6, 6.07) is 0.